The first-order chi connectivity index (χ1) is 18.2. The smallest absolute Gasteiger partial charge is 0.253 e. The second kappa shape index (κ2) is 11.6. The van der Waals surface area contributed by atoms with Crippen molar-refractivity contribution in [3.8, 4) is 11.6 Å². The minimum absolute atomic E-state index is 0.0114. The molecule has 198 valence electrons. The largest absolute Gasteiger partial charge is 0.458 e. The van der Waals surface area contributed by atoms with E-state index < -0.39 is 11.9 Å². The van der Waals surface area contributed by atoms with Crippen LogP contribution in [0.15, 0.2) is 64.1 Å². The van der Waals surface area contributed by atoms with Crippen molar-refractivity contribution in [2.24, 2.45) is 22.2 Å². The summed E-state index contributed by atoms with van der Waals surface area (Å²) in [5.41, 5.74) is 19.3. The van der Waals surface area contributed by atoms with Crippen molar-refractivity contribution in [2.45, 2.75) is 32.2 Å². The topological polar surface area (TPSA) is 172 Å². The van der Waals surface area contributed by atoms with Crippen molar-refractivity contribution in [2.75, 3.05) is 20.1 Å². The standard InChI is InChI=1S/C27H32N8O3/c1-17-8-11-23(38-17)25-33-20-16-18(26(37)34(2)15-12-19-6-3-4-13-31-19)9-10-21(20)35(25)22(24(28)36)7-5-14-32-27(29)30/h3-4,6,8-11,13,16,22H,5,7,12,14-15H2,1-2H3,(H2,28,36)(H4,29,30,32). The van der Waals surface area contributed by atoms with E-state index in [-0.39, 0.29) is 11.9 Å². The fourth-order valence-electron chi connectivity index (χ4n) is 4.32. The van der Waals surface area contributed by atoms with E-state index in [1.807, 2.05) is 31.2 Å². The van der Waals surface area contributed by atoms with Crippen LogP contribution in [0.3, 0.4) is 0 Å². The third-order valence-corrected chi connectivity index (χ3v) is 6.24. The molecule has 0 saturated carbocycles. The van der Waals surface area contributed by atoms with Gasteiger partial charge in [0.1, 0.15) is 11.8 Å². The number of amides is 2. The molecule has 11 nitrogen and oxygen atoms in total. The number of fused-ring (bicyclic) bond motifs is 1. The summed E-state index contributed by atoms with van der Waals surface area (Å²) in [6, 6.07) is 13.8. The number of likely N-dealkylation sites (N-methyl/N-ethyl adjacent to an activating group) is 1. The monoisotopic (exact) mass is 516 g/mol. The van der Waals surface area contributed by atoms with E-state index in [0.717, 1.165) is 5.69 Å². The highest BCUT2D eigenvalue weighted by Gasteiger charge is 2.26. The zero-order valence-corrected chi connectivity index (χ0v) is 21.5. The lowest BCUT2D eigenvalue weighted by Crippen LogP contribution is -2.29. The van der Waals surface area contributed by atoms with Crippen LogP contribution in [0.4, 0.5) is 0 Å². The number of hydrogen-bond donors (Lipinski definition) is 3. The van der Waals surface area contributed by atoms with Crippen molar-refractivity contribution < 1.29 is 14.0 Å². The minimum Gasteiger partial charge on any atom is -0.458 e. The van der Waals surface area contributed by atoms with Gasteiger partial charge in [-0.05, 0) is 62.2 Å². The van der Waals surface area contributed by atoms with Crippen LogP contribution in [0.25, 0.3) is 22.6 Å². The Bertz CT molecular complexity index is 1450. The van der Waals surface area contributed by atoms with Gasteiger partial charge >= 0.3 is 0 Å². The van der Waals surface area contributed by atoms with E-state index in [2.05, 4.69) is 9.98 Å². The Morgan fingerprint density at radius 3 is 2.61 bits per heavy atom. The molecular weight excluding hydrogens is 484 g/mol. The molecule has 1 aromatic carbocycles. The summed E-state index contributed by atoms with van der Waals surface area (Å²) in [4.78, 5) is 40.5. The number of nitrogens with zero attached hydrogens (tertiary/aromatic N) is 5. The van der Waals surface area contributed by atoms with Gasteiger partial charge in [-0.25, -0.2) is 4.98 Å². The van der Waals surface area contributed by atoms with Crippen LogP contribution in [0.2, 0.25) is 0 Å². The molecule has 4 aromatic rings. The molecule has 1 unspecified atom stereocenters. The molecule has 0 saturated heterocycles. The number of hydrogen-bond acceptors (Lipinski definition) is 6. The molecule has 2 amide bonds. The van der Waals surface area contributed by atoms with E-state index in [1.54, 1.807) is 47.0 Å². The predicted octanol–water partition coefficient (Wildman–Crippen LogP) is 2.39. The average molecular weight is 517 g/mol. The minimum atomic E-state index is -0.725. The van der Waals surface area contributed by atoms with Gasteiger partial charge in [0, 0.05) is 44.0 Å². The van der Waals surface area contributed by atoms with Crippen molar-refractivity contribution in [1.29, 1.82) is 0 Å². The number of benzene rings is 1. The summed E-state index contributed by atoms with van der Waals surface area (Å²) < 4.78 is 7.61. The maximum atomic E-state index is 13.2. The molecular formula is C27H32N8O3. The van der Waals surface area contributed by atoms with Gasteiger partial charge in [-0.1, -0.05) is 6.07 Å². The molecule has 0 radical (unpaired) electrons. The highest BCUT2D eigenvalue weighted by atomic mass is 16.3. The molecule has 4 rings (SSSR count). The van der Waals surface area contributed by atoms with Gasteiger partial charge in [0.15, 0.2) is 17.5 Å². The van der Waals surface area contributed by atoms with Crippen LogP contribution in [0.5, 0.6) is 0 Å². The molecule has 6 N–H and O–H groups in total. The number of rotatable bonds is 11. The molecule has 38 heavy (non-hydrogen) atoms. The van der Waals surface area contributed by atoms with E-state index in [4.69, 9.17) is 26.6 Å². The number of guanidine groups is 1. The SMILES string of the molecule is Cc1ccc(-c2nc3cc(C(=O)N(C)CCc4ccccn4)ccc3n2C(CCCN=C(N)N)C(N)=O)o1. The van der Waals surface area contributed by atoms with Crippen LogP contribution in [-0.2, 0) is 11.2 Å². The van der Waals surface area contributed by atoms with Crippen LogP contribution in [-0.4, -0.2) is 57.3 Å². The Labute approximate surface area is 220 Å². The van der Waals surface area contributed by atoms with Crippen LogP contribution in [0.1, 0.15) is 40.7 Å². The molecule has 1 atom stereocenters. The Morgan fingerprint density at radius 1 is 1.13 bits per heavy atom. The first kappa shape index (κ1) is 26.4. The summed E-state index contributed by atoms with van der Waals surface area (Å²) in [7, 11) is 1.75. The van der Waals surface area contributed by atoms with E-state index in [1.165, 1.54) is 0 Å². The maximum Gasteiger partial charge on any atom is 0.253 e. The van der Waals surface area contributed by atoms with E-state index in [9.17, 15) is 9.59 Å². The second-order valence-electron chi connectivity index (χ2n) is 9.08. The van der Waals surface area contributed by atoms with Crippen molar-refractivity contribution >= 4 is 28.8 Å². The number of carbonyl (C=O) groups excluding carboxylic acids is 2. The van der Waals surface area contributed by atoms with Gasteiger partial charge in [0.2, 0.25) is 5.91 Å². The summed E-state index contributed by atoms with van der Waals surface area (Å²) >= 11 is 0. The first-order valence-corrected chi connectivity index (χ1v) is 12.3. The summed E-state index contributed by atoms with van der Waals surface area (Å²) in [5.74, 6) is 0.973. The molecule has 11 heteroatoms. The number of aliphatic imine (C=N–C) groups is 1. The van der Waals surface area contributed by atoms with Crippen molar-refractivity contribution in [1.82, 2.24) is 19.4 Å². The Balaban J connectivity index is 1.66. The van der Waals surface area contributed by atoms with Gasteiger partial charge < -0.3 is 31.1 Å². The number of aryl methyl sites for hydroxylation is 1. The average Bonchev–Trinajstić information content (AvgIpc) is 3.50. The maximum absolute atomic E-state index is 13.2. The third kappa shape index (κ3) is 6.00. The lowest BCUT2D eigenvalue weighted by molar-refractivity contribution is -0.121. The quantitative estimate of drug-likeness (QED) is 0.156. The highest BCUT2D eigenvalue weighted by Crippen LogP contribution is 2.32. The molecule has 0 spiro atoms. The number of aromatic nitrogens is 3. The molecule has 0 aliphatic heterocycles. The normalized spacial score (nSPS) is 11.8. The molecule has 0 fully saturated rings. The zero-order chi connectivity index (χ0) is 27.2. The number of pyridine rings is 1. The first-order valence-electron chi connectivity index (χ1n) is 12.3. The lowest BCUT2D eigenvalue weighted by atomic mass is 10.1. The number of furan rings is 1. The predicted molar refractivity (Wildman–Crippen MR) is 145 cm³/mol. The van der Waals surface area contributed by atoms with Gasteiger partial charge in [-0.2, -0.15) is 0 Å². The molecule has 0 bridgehead atoms. The number of carbonyl (C=O) groups is 2. The molecule has 3 aromatic heterocycles. The van der Waals surface area contributed by atoms with Crippen molar-refractivity contribution in [3.63, 3.8) is 0 Å². The van der Waals surface area contributed by atoms with E-state index >= 15 is 0 Å². The number of primary amides is 1. The second-order valence-corrected chi connectivity index (χ2v) is 9.08. The molecule has 0 aliphatic rings. The fraction of sp³-hybridized carbons (Fsp3) is 0.296. The van der Waals surface area contributed by atoms with Gasteiger partial charge in [-0.3, -0.25) is 19.6 Å². The summed E-state index contributed by atoms with van der Waals surface area (Å²) in [6.45, 7) is 2.70. The Hall–Kier alpha value is -4.67. The molecule has 0 aliphatic carbocycles. The lowest BCUT2D eigenvalue weighted by Gasteiger charge is -2.19. The zero-order valence-electron chi connectivity index (χ0n) is 21.5. The van der Waals surface area contributed by atoms with Crippen LogP contribution < -0.4 is 17.2 Å². The Kier molecular flexibility index (Phi) is 8.05. The summed E-state index contributed by atoms with van der Waals surface area (Å²) in [6.07, 6.45) is 3.29. The van der Waals surface area contributed by atoms with Crippen LogP contribution >= 0.6 is 0 Å². The third-order valence-electron chi connectivity index (χ3n) is 6.24. The van der Waals surface area contributed by atoms with Gasteiger partial charge in [0.05, 0.1) is 11.0 Å². The van der Waals surface area contributed by atoms with Crippen LogP contribution in [0, 0.1) is 6.92 Å². The number of nitrogens with two attached hydrogens (primary N) is 3. The van der Waals surface area contributed by atoms with Gasteiger partial charge in [0.25, 0.3) is 5.91 Å². The highest BCUT2D eigenvalue weighted by molar-refractivity contribution is 5.98. The van der Waals surface area contributed by atoms with Gasteiger partial charge in [-0.15, -0.1) is 0 Å². The Morgan fingerprint density at radius 2 is 1.95 bits per heavy atom. The summed E-state index contributed by atoms with van der Waals surface area (Å²) in [5, 5.41) is 0. The fourth-order valence-corrected chi connectivity index (χ4v) is 4.32. The molecule has 3 heterocycles. The van der Waals surface area contributed by atoms with E-state index in [0.29, 0.717) is 66.3 Å². The number of imidazole rings is 1. The van der Waals surface area contributed by atoms with Crippen molar-refractivity contribution in [3.05, 3.63) is 71.7 Å².